The molecule has 1 aromatic carbocycles. The molecule has 2 amide bonds. The number of rotatable bonds is 2. The van der Waals surface area contributed by atoms with Gasteiger partial charge in [-0.2, -0.15) is 0 Å². The first-order chi connectivity index (χ1) is 11.5. The van der Waals surface area contributed by atoms with E-state index in [1.807, 2.05) is 4.90 Å². The summed E-state index contributed by atoms with van der Waals surface area (Å²) in [6.45, 7) is 1.12. The largest absolute Gasteiger partial charge is 0.341 e. The average Bonchev–Trinajstić information content (AvgIpc) is 3.15. The molecule has 1 unspecified atom stereocenters. The Balaban J connectivity index is 1.61. The number of piperidine rings is 1. The van der Waals surface area contributed by atoms with Crippen LogP contribution in [-0.4, -0.2) is 39.8 Å². The molecule has 9 nitrogen and oxygen atoms in total. The summed E-state index contributed by atoms with van der Waals surface area (Å²) in [5.74, 6) is 0.153. The van der Waals surface area contributed by atoms with Gasteiger partial charge in [-0.25, -0.2) is 4.98 Å². The second kappa shape index (κ2) is 5.02. The maximum atomic E-state index is 12.2. The van der Waals surface area contributed by atoms with Crippen LogP contribution in [0, 0.1) is 15.5 Å². The van der Waals surface area contributed by atoms with Crippen LogP contribution < -0.4 is 10.2 Å². The van der Waals surface area contributed by atoms with Crippen molar-refractivity contribution in [2.24, 2.45) is 5.41 Å². The van der Waals surface area contributed by atoms with Gasteiger partial charge in [0.05, 0.1) is 21.4 Å². The Morgan fingerprint density at radius 1 is 1.29 bits per heavy atom. The second-order valence-corrected chi connectivity index (χ2v) is 6.35. The summed E-state index contributed by atoms with van der Waals surface area (Å²) in [6.07, 6.45) is 1.55. The molecule has 1 atom stereocenters. The van der Waals surface area contributed by atoms with Crippen molar-refractivity contribution < 1.29 is 14.5 Å². The average molecular weight is 329 g/mol. The highest BCUT2D eigenvalue weighted by Crippen LogP contribution is 2.39. The molecule has 1 spiro atoms. The van der Waals surface area contributed by atoms with Gasteiger partial charge in [-0.05, 0) is 18.9 Å². The van der Waals surface area contributed by atoms with Gasteiger partial charge >= 0.3 is 0 Å². The Kier molecular flexibility index (Phi) is 3.05. The minimum absolute atomic E-state index is 0.000706. The number of nitro benzene ring substituents is 1. The number of nitro groups is 1. The van der Waals surface area contributed by atoms with Crippen molar-refractivity contribution in [2.75, 3.05) is 18.0 Å². The third kappa shape index (κ3) is 2.20. The number of amides is 2. The maximum absolute atomic E-state index is 12.2. The van der Waals surface area contributed by atoms with Crippen LogP contribution >= 0.6 is 0 Å². The van der Waals surface area contributed by atoms with E-state index in [9.17, 15) is 19.7 Å². The van der Waals surface area contributed by atoms with Gasteiger partial charge in [-0.15, -0.1) is 0 Å². The monoisotopic (exact) mass is 329 g/mol. The highest BCUT2D eigenvalue weighted by molar-refractivity contribution is 6.01. The Morgan fingerprint density at radius 3 is 2.88 bits per heavy atom. The molecule has 24 heavy (non-hydrogen) atoms. The fraction of sp³-hybridized carbons (Fsp3) is 0.400. The molecule has 2 aromatic rings. The van der Waals surface area contributed by atoms with Crippen LogP contribution in [0.3, 0.4) is 0 Å². The number of benzene rings is 1. The second-order valence-electron chi connectivity index (χ2n) is 6.35. The molecule has 2 fully saturated rings. The predicted octanol–water partition coefficient (Wildman–Crippen LogP) is 1.10. The standard InChI is InChI=1S/C15H15N5O4/c21-12-3-4-15(13(22)18-12)5-6-19(8-15)14-16-10-2-1-9(20(23)24)7-11(10)17-14/h1-2,7H,3-6,8H2,(H,16,17)(H,18,21,22). The van der Waals surface area contributed by atoms with Gasteiger partial charge in [0.1, 0.15) is 0 Å². The van der Waals surface area contributed by atoms with Gasteiger partial charge in [0.15, 0.2) is 0 Å². The molecule has 0 bridgehead atoms. The summed E-state index contributed by atoms with van der Waals surface area (Å²) >= 11 is 0. The van der Waals surface area contributed by atoms with E-state index in [1.54, 1.807) is 6.07 Å². The number of anilines is 1. The van der Waals surface area contributed by atoms with Crippen molar-refractivity contribution in [2.45, 2.75) is 19.3 Å². The molecule has 9 heteroatoms. The van der Waals surface area contributed by atoms with Crippen molar-refractivity contribution in [3.05, 3.63) is 28.3 Å². The summed E-state index contributed by atoms with van der Waals surface area (Å²) in [4.78, 5) is 43.5. The van der Waals surface area contributed by atoms with E-state index in [4.69, 9.17) is 0 Å². The topological polar surface area (TPSA) is 121 Å². The van der Waals surface area contributed by atoms with E-state index in [1.165, 1.54) is 12.1 Å². The van der Waals surface area contributed by atoms with Gasteiger partial charge in [0.2, 0.25) is 17.8 Å². The lowest BCUT2D eigenvalue weighted by atomic mass is 9.79. The number of H-pyrrole nitrogens is 1. The molecular formula is C15H15N5O4. The van der Waals surface area contributed by atoms with E-state index < -0.39 is 10.3 Å². The Morgan fingerprint density at radius 2 is 2.12 bits per heavy atom. The number of imide groups is 1. The summed E-state index contributed by atoms with van der Waals surface area (Å²) in [7, 11) is 0. The van der Waals surface area contributed by atoms with E-state index in [2.05, 4.69) is 15.3 Å². The summed E-state index contributed by atoms with van der Waals surface area (Å²) in [5.41, 5.74) is 0.669. The van der Waals surface area contributed by atoms with Gasteiger partial charge < -0.3 is 9.88 Å². The van der Waals surface area contributed by atoms with Crippen LogP contribution in [-0.2, 0) is 9.59 Å². The van der Waals surface area contributed by atoms with E-state index in [0.29, 0.717) is 49.3 Å². The number of nitrogens with one attached hydrogen (secondary N) is 2. The molecule has 124 valence electrons. The minimum Gasteiger partial charge on any atom is -0.341 e. The summed E-state index contributed by atoms with van der Waals surface area (Å²) in [6, 6.07) is 4.47. The van der Waals surface area contributed by atoms with Crippen LogP contribution in [0.1, 0.15) is 19.3 Å². The van der Waals surface area contributed by atoms with E-state index >= 15 is 0 Å². The Hall–Kier alpha value is -2.97. The Labute approximate surface area is 136 Å². The van der Waals surface area contributed by atoms with Crippen molar-refractivity contribution in [1.82, 2.24) is 15.3 Å². The normalized spacial score (nSPS) is 23.9. The summed E-state index contributed by atoms with van der Waals surface area (Å²) < 4.78 is 0. The maximum Gasteiger partial charge on any atom is 0.271 e. The number of fused-ring (bicyclic) bond motifs is 1. The van der Waals surface area contributed by atoms with Gasteiger partial charge in [0.25, 0.3) is 5.69 Å². The Bertz CT molecular complexity index is 876. The van der Waals surface area contributed by atoms with Gasteiger partial charge in [0, 0.05) is 31.6 Å². The number of aromatic nitrogens is 2. The lowest BCUT2D eigenvalue weighted by molar-refractivity contribution is -0.384. The van der Waals surface area contributed by atoms with Crippen LogP contribution in [0.2, 0.25) is 0 Å². The highest BCUT2D eigenvalue weighted by atomic mass is 16.6. The highest BCUT2D eigenvalue weighted by Gasteiger charge is 2.48. The van der Waals surface area contributed by atoms with Crippen molar-refractivity contribution in [3.8, 4) is 0 Å². The van der Waals surface area contributed by atoms with Crippen molar-refractivity contribution >= 4 is 34.5 Å². The molecule has 1 aromatic heterocycles. The van der Waals surface area contributed by atoms with Gasteiger partial charge in [-0.1, -0.05) is 0 Å². The van der Waals surface area contributed by atoms with Crippen LogP contribution in [0.25, 0.3) is 11.0 Å². The molecule has 2 aliphatic heterocycles. The molecule has 2 N–H and O–H groups in total. The zero-order chi connectivity index (χ0) is 16.9. The first-order valence-electron chi connectivity index (χ1n) is 7.70. The van der Waals surface area contributed by atoms with Crippen molar-refractivity contribution in [1.29, 1.82) is 0 Å². The molecule has 4 rings (SSSR count). The molecule has 3 heterocycles. The molecule has 0 aliphatic carbocycles. The molecule has 0 radical (unpaired) electrons. The van der Waals surface area contributed by atoms with E-state index in [-0.39, 0.29) is 17.5 Å². The molecule has 2 saturated heterocycles. The first kappa shape index (κ1) is 14.6. The number of carbonyl (C=O) groups is 2. The SMILES string of the molecule is O=C1CCC2(CCN(c3nc4ccc([N+](=O)[O-])cc4[nH]3)C2)C(=O)N1. The number of aromatic amines is 1. The fourth-order valence-corrected chi connectivity index (χ4v) is 3.48. The van der Waals surface area contributed by atoms with Crippen LogP contribution in [0.5, 0.6) is 0 Å². The summed E-state index contributed by atoms with van der Waals surface area (Å²) in [5, 5.41) is 13.3. The zero-order valence-corrected chi connectivity index (χ0v) is 12.7. The van der Waals surface area contributed by atoms with Crippen molar-refractivity contribution in [3.63, 3.8) is 0 Å². The molecule has 0 saturated carbocycles. The number of non-ortho nitro benzene ring substituents is 1. The number of nitrogens with zero attached hydrogens (tertiary/aromatic N) is 3. The fourth-order valence-electron chi connectivity index (χ4n) is 3.48. The number of hydrogen-bond donors (Lipinski definition) is 2. The van der Waals surface area contributed by atoms with Gasteiger partial charge in [-0.3, -0.25) is 25.0 Å². The predicted molar refractivity (Wildman–Crippen MR) is 84.4 cm³/mol. The number of carbonyl (C=O) groups excluding carboxylic acids is 2. The lowest BCUT2D eigenvalue weighted by Crippen LogP contribution is -2.50. The smallest absolute Gasteiger partial charge is 0.271 e. The molecule has 2 aliphatic rings. The third-order valence-electron chi connectivity index (χ3n) is 4.88. The molecular weight excluding hydrogens is 314 g/mol. The quantitative estimate of drug-likeness (QED) is 0.483. The van der Waals surface area contributed by atoms with Crippen LogP contribution in [0.15, 0.2) is 18.2 Å². The number of hydrogen-bond acceptors (Lipinski definition) is 6. The lowest BCUT2D eigenvalue weighted by Gasteiger charge is -2.31. The van der Waals surface area contributed by atoms with Crippen LogP contribution in [0.4, 0.5) is 11.6 Å². The third-order valence-corrected chi connectivity index (χ3v) is 4.88. The number of imidazole rings is 1. The van der Waals surface area contributed by atoms with E-state index in [0.717, 1.165) is 0 Å². The zero-order valence-electron chi connectivity index (χ0n) is 12.7. The first-order valence-corrected chi connectivity index (χ1v) is 7.70. The minimum atomic E-state index is -0.557.